The van der Waals surface area contributed by atoms with Crippen molar-refractivity contribution in [3.8, 4) is 0 Å². The van der Waals surface area contributed by atoms with Crippen LogP contribution in [0.15, 0.2) is 12.7 Å². The summed E-state index contributed by atoms with van der Waals surface area (Å²) in [4.78, 5) is 29.6. The molecule has 2 aliphatic heterocycles. The Kier molecular flexibility index (Phi) is 3.42. The van der Waals surface area contributed by atoms with Crippen molar-refractivity contribution in [3.63, 3.8) is 0 Å². The van der Waals surface area contributed by atoms with E-state index in [0.717, 1.165) is 19.4 Å². The number of carbonyl (C=O) groups is 2. The molecule has 3 heterocycles. The Hall–Kier alpha value is -1.92. The van der Waals surface area contributed by atoms with Gasteiger partial charge in [0.15, 0.2) is 0 Å². The molecule has 2 amide bonds. The van der Waals surface area contributed by atoms with Crippen LogP contribution in [-0.4, -0.2) is 50.6 Å². The van der Waals surface area contributed by atoms with Crippen LogP contribution in [0.3, 0.4) is 0 Å². The lowest BCUT2D eigenvalue weighted by Crippen LogP contribution is -2.55. The minimum Gasteiger partial charge on any atom is -0.353 e. The first-order valence-electron chi connectivity index (χ1n) is 7.07. The van der Waals surface area contributed by atoms with Crippen LogP contribution in [0.4, 0.5) is 0 Å². The predicted octanol–water partition coefficient (Wildman–Crippen LogP) is -0.0338. The summed E-state index contributed by atoms with van der Waals surface area (Å²) in [6.07, 6.45) is 5.29. The van der Waals surface area contributed by atoms with Gasteiger partial charge in [-0.05, 0) is 25.7 Å². The Bertz CT molecular complexity index is 501. The second-order valence-corrected chi connectivity index (χ2v) is 5.60. The number of carbonyl (C=O) groups excluding carboxylic acids is 2. The standard InChI is InChI=1S/C13H19N5O2/c1-9(18-8-14-7-15-18)13(20)17-5-4-11-10(6-17)2-3-12(19)16-11/h7-11H,2-6H2,1H3,(H,16,19). The van der Waals surface area contributed by atoms with Crippen molar-refractivity contribution < 1.29 is 9.59 Å². The molecule has 1 aromatic heterocycles. The number of amides is 2. The molecule has 3 atom stereocenters. The summed E-state index contributed by atoms with van der Waals surface area (Å²) in [6.45, 7) is 3.26. The van der Waals surface area contributed by atoms with E-state index in [1.54, 1.807) is 11.0 Å². The average Bonchev–Trinajstić information content (AvgIpc) is 2.99. The lowest BCUT2D eigenvalue weighted by molar-refractivity contribution is -0.137. The van der Waals surface area contributed by atoms with E-state index in [2.05, 4.69) is 15.4 Å². The maximum absolute atomic E-state index is 12.5. The van der Waals surface area contributed by atoms with Gasteiger partial charge in [0.2, 0.25) is 11.8 Å². The minimum absolute atomic E-state index is 0.0749. The summed E-state index contributed by atoms with van der Waals surface area (Å²) in [5.41, 5.74) is 0. The van der Waals surface area contributed by atoms with E-state index >= 15 is 0 Å². The number of fused-ring (bicyclic) bond motifs is 1. The fourth-order valence-corrected chi connectivity index (χ4v) is 3.11. The summed E-state index contributed by atoms with van der Waals surface area (Å²) < 4.78 is 1.58. The zero-order valence-corrected chi connectivity index (χ0v) is 11.5. The maximum Gasteiger partial charge on any atom is 0.247 e. The first kappa shape index (κ1) is 13.1. The van der Waals surface area contributed by atoms with Crippen LogP contribution in [0.1, 0.15) is 32.2 Å². The summed E-state index contributed by atoms with van der Waals surface area (Å²) in [5.74, 6) is 0.598. The molecule has 7 heteroatoms. The molecule has 20 heavy (non-hydrogen) atoms. The molecule has 1 aromatic rings. The maximum atomic E-state index is 12.5. The molecule has 1 N–H and O–H groups in total. The fourth-order valence-electron chi connectivity index (χ4n) is 3.11. The Morgan fingerprint density at radius 2 is 2.35 bits per heavy atom. The second-order valence-electron chi connectivity index (χ2n) is 5.60. The number of hydrogen-bond acceptors (Lipinski definition) is 4. The van der Waals surface area contributed by atoms with Gasteiger partial charge in [-0.3, -0.25) is 9.59 Å². The quantitative estimate of drug-likeness (QED) is 0.823. The van der Waals surface area contributed by atoms with Gasteiger partial charge >= 0.3 is 0 Å². The van der Waals surface area contributed by atoms with E-state index in [1.165, 1.54) is 6.33 Å². The van der Waals surface area contributed by atoms with Crippen molar-refractivity contribution in [1.82, 2.24) is 25.0 Å². The first-order chi connectivity index (χ1) is 9.65. The molecule has 0 aliphatic carbocycles. The molecule has 0 radical (unpaired) electrons. The molecule has 2 aliphatic rings. The molecule has 2 fully saturated rings. The van der Waals surface area contributed by atoms with Gasteiger partial charge in [-0.15, -0.1) is 0 Å². The predicted molar refractivity (Wildman–Crippen MR) is 70.6 cm³/mol. The molecule has 0 spiro atoms. The lowest BCUT2D eigenvalue weighted by Gasteiger charge is -2.42. The number of likely N-dealkylation sites (tertiary alicyclic amines) is 1. The van der Waals surface area contributed by atoms with E-state index in [9.17, 15) is 9.59 Å². The number of nitrogens with one attached hydrogen (secondary N) is 1. The molecular weight excluding hydrogens is 258 g/mol. The molecule has 3 rings (SSSR count). The zero-order valence-electron chi connectivity index (χ0n) is 11.5. The van der Waals surface area contributed by atoms with Gasteiger partial charge in [0.1, 0.15) is 18.7 Å². The molecule has 3 unspecified atom stereocenters. The van der Waals surface area contributed by atoms with Gasteiger partial charge in [0.05, 0.1) is 0 Å². The second kappa shape index (κ2) is 5.22. The molecule has 108 valence electrons. The number of piperidine rings is 2. The van der Waals surface area contributed by atoms with Crippen LogP contribution in [0.5, 0.6) is 0 Å². The Balaban J connectivity index is 1.64. The van der Waals surface area contributed by atoms with Crippen molar-refractivity contribution in [2.75, 3.05) is 13.1 Å². The molecule has 0 aromatic carbocycles. The monoisotopic (exact) mass is 277 g/mol. The number of nitrogens with zero attached hydrogens (tertiary/aromatic N) is 4. The third-order valence-electron chi connectivity index (χ3n) is 4.33. The topological polar surface area (TPSA) is 80.1 Å². The summed E-state index contributed by atoms with van der Waals surface area (Å²) >= 11 is 0. The smallest absolute Gasteiger partial charge is 0.247 e. The minimum atomic E-state index is -0.327. The van der Waals surface area contributed by atoms with E-state index in [-0.39, 0.29) is 23.9 Å². The fraction of sp³-hybridized carbons (Fsp3) is 0.692. The van der Waals surface area contributed by atoms with Crippen LogP contribution in [0.2, 0.25) is 0 Å². The Labute approximate surface area is 117 Å². The van der Waals surface area contributed by atoms with Crippen LogP contribution in [0, 0.1) is 5.92 Å². The van der Waals surface area contributed by atoms with Crippen LogP contribution in [-0.2, 0) is 9.59 Å². The van der Waals surface area contributed by atoms with E-state index in [4.69, 9.17) is 0 Å². The first-order valence-corrected chi connectivity index (χ1v) is 7.07. The van der Waals surface area contributed by atoms with Gasteiger partial charge in [-0.2, -0.15) is 5.10 Å². The Morgan fingerprint density at radius 3 is 3.10 bits per heavy atom. The lowest BCUT2D eigenvalue weighted by atomic mass is 9.85. The highest BCUT2D eigenvalue weighted by atomic mass is 16.2. The van der Waals surface area contributed by atoms with Crippen molar-refractivity contribution in [3.05, 3.63) is 12.7 Å². The third kappa shape index (κ3) is 2.39. The molecule has 0 bridgehead atoms. The molecular formula is C13H19N5O2. The van der Waals surface area contributed by atoms with Crippen molar-refractivity contribution in [2.24, 2.45) is 5.92 Å². The SMILES string of the molecule is CC(C(=O)N1CCC2NC(=O)CCC2C1)n1cncn1. The van der Waals surface area contributed by atoms with Crippen LogP contribution >= 0.6 is 0 Å². The highest BCUT2D eigenvalue weighted by Gasteiger charge is 2.36. The van der Waals surface area contributed by atoms with Crippen molar-refractivity contribution in [2.45, 2.75) is 38.3 Å². The van der Waals surface area contributed by atoms with E-state index < -0.39 is 0 Å². The summed E-state index contributed by atoms with van der Waals surface area (Å²) in [7, 11) is 0. The molecule has 7 nitrogen and oxygen atoms in total. The van der Waals surface area contributed by atoms with Gasteiger partial charge in [0.25, 0.3) is 0 Å². The van der Waals surface area contributed by atoms with Gasteiger partial charge in [0, 0.05) is 25.6 Å². The number of hydrogen-bond donors (Lipinski definition) is 1. The van der Waals surface area contributed by atoms with Gasteiger partial charge in [-0.1, -0.05) is 0 Å². The van der Waals surface area contributed by atoms with Crippen molar-refractivity contribution in [1.29, 1.82) is 0 Å². The highest BCUT2D eigenvalue weighted by molar-refractivity contribution is 5.80. The highest BCUT2D eigenvalue weighted by Crippen LogP contribution is 2.26. The van der Waals surface area contributed by atoms with Gasteiger partial charge < -0.3 is 10.2 Å². The van der Waals surface area contributed by atoms with E-state index in [0.29, 0.717) is 18.9 Å². The van der Waals surface area contributed by atoms with Crippen molar-refractivity contribution >= 4 is 11.8 Å². The summed E-state index contributed by atoms with van der Waals surface area (Å²) in [6, 6.07) is -0.0887. The van der Waals surface area contributed by atoms with E-state index in [1.807, 2.05) is 11.8 Å². The molecule has 2 saturated heterocycles. The normalized spacial score (nSPS) is 27.6. The number of rotatable bonds is 2. The number of aromatic nitrogens is 3. The van der Waals surface area contributed by atoms with Crippen LogP contribution < -0.4 is 5.32 Å². The summed E-state index contributed by atoms with van der Waals surface area (Å²) in [5, 5.41) is 7.05. The van der Waals surface area contributed by atoms with Gasteiger partial charge in [-0.25, -0.2) is 9.67 Å². The Morgan fingerprint density at radius 1 is 1.50 bits per heavy atom. The molecule has 0 saturated carbocycles. The largest absolute Gasteiger partial charge is 0.353 e. The average molecular weight is 277 g/mol. The third-order valence-corrected chi connectivity index (χ3v) is 4.33. The van der Waals surface area contributed by atoms with Crippen LogP contribution in [0.25, 0.3) is 0 Å². The zero-order chi connectivity index (χ0) is 14.1.